The van der Waals surface area contributed by atoms with Crippen LogP contribution in [0.1, 0.15) is 47.0 Å². The number of hydrogen-bond acceptors (Lipinski definition) is 4. The Labute approximate surface area is 126 Å². The van der Waals surface area contributed by atoms with Gasteiger partial charge in [-0.2, -0.15) is 0 Å². The molecular formula is C15H26N2O4. The lowest BCUT2D eigenvalue weighted by molar-refractivity contribution is -0.144. The highest BCUT2D eigenvalue weighted by atomic mass is 16.6. The van der Waals surface area contributed by atoms with Gasteiger partial charge in [-0.3, -0.25) is 14.5 Å². The van der Waals surface area contributed by atoms with Crippen LogP contribution in [0.4, 0.5) is 4.79 Å². The van der Waals surface area contributed by atoms with Gasteiger partial charge >= 0.3 is 6.09 Å². The third-order valence-corrected chi connectivity index (χ3v) is 3.53. The maximum atomic E-state index is 12.2. The smallest absolute Gasteiger partial charge is 0.410 e. The van der Waals surface area contributed by atoms with Crippen LogP contribution in [0.25, 0.3) is 0 Å². The molecule has 0 aliphatic carbocycles. The number of carbonyl (C=O) groups excluding carboxylic acids is 3. The Morgan fingerprint density at radius 1 is 1.14 bits per heavy atom. The summed E-state index contributed by atoms with van der Waals surface area (Å²) in [5.41, 5.74) is -0.520. The summed E-state index contributed by atoms with van der Waals surface area (Å²) in [6, 6.07) is 0. The van der Waals surface area contributed by atoms with Gasteiger partial charge in [-0.25, -0.2) is 4.79 Å². The van der Waals surface area contributed by atoms with Crippen LogP contribution in [0.2, 0.25) is 0 Å². The van der Waals surface area contributed by atoms with Crippen molar-refractivity contribution in [3.63, 3.8) is 0 Å². The van der Waals surface area contributed by atoms with Crippen molar-refractivity contribution in [1.29, 1.82) is 0 Å². The Morgan fingerprint density at radius 3 is 2.29 bits per heavy atom. The van der Waals surface area contributed by atoms with Crippen molar-refractivity contribution in [2.24, 2.45) is 5.92 Å². The van der Waals surface area contributed by atoms with Gasteiger partial charge in [0.15, 0.2) is 0 Å². The van der Waals surface area contributed by atoms with Crippen LogP contribution < -0.4 is 0 Å². The lowest BCUT2D eigenvalue weighted by Gasteiger charge is -2.26. The predicted octanol–water partition coefficient (Wildman–Crippen LogP) is 2.03. The minimum atomic E-state index is -0.520. The molecule has 120 valence electrons. The Hall–Kier alpha value is -1.59. The van der Waals surface area contributed by atoms with E-state index in [1.165, 1.54) is 14.0 Å². The molecule has 1 aliphatic heterocycles. The Morgan fingerprint density at radius 2 is 1.76 bits per heavy atom. The lowest BCUT2D eigenvalue weighted by Crippen LogP contribution is -2.38. The van der Waals surface area contributed by atoms with Gasteiger partial charge in [0.05, 0.1) is 0 Å². The standard InChI is InChI=1S/C15H26N2O4/c1-11(18)16(5)13(19)12-7-6-9-17(10-8-12)14(20)21-15(2,3)4/h12H,6-10H2,1-5H3. The molecule has 6 nitrogen and oxygen atoms in total. The van der Waals surface area contributed by atoms with E-state index in [9.17, 15) is 14.4 Å². The lowest BCUT2D eigenvalue weighted by atomic mass is 9.99. The van der Waals surface area contributed by atoms with E-state index in [-0.39, 0.29) is 23.8 Å². The molecule has 3 amide bonds. The Kier molecular flexibility index (Phi) is 5.75. The summed E-state index contributed by atoms with van der Waals surface area (Å²) in [6.07, 6.45) is 1.66. The first-order valence-corrected chi connectivity index (χ1v) is 7.38. The fourth-order valence-electron chi connectivity index (χ4n) is 2.28. The third kappa shape index (κ3) is 5.36. The second-order valence-corrected chi connectivity index (χ2v) is 6.51. The summed E-state index contributed by atoms with van der Waals surface area (Å²) in [4.78, 5) is 38.3. The summed E-state index contributed by atoms with van der Waals surface area (Å²) in [6.45, 7) is 7.94. The molecule has 21 heavy (non-hydrogen) atoms. The van der Waals surface area contributed by atoms with Gasteiger partial charge in [-0.15, -0.1) is 0 Å². The average Bonchev–Trinajstić information content (AvgIpc) is 2.60. The second-order valence-electron chi connectivity index (χ2n) is 6.51. The first kappa shape index (κ1) is 17.5. The maximum Gasteiger partial charge on any atom is 0.410 e. The summed E-state index contributed by atoms with van der Waals surface area (Å²) < 4.78 is 5.35. The van der Waals surface area contributed by atoms with Crippen LogP contribution in [0.15, 0.2) is 0 Å². The van der Waals surface area contributed by atoms with Crippen molar-refractivity contribution >= 4 is 17.9 Å². The molecule has 0 spiro atoms. The number of carbonyl (C=O) groups is 3. The molecule has 0 radical (unpaired) electrons. The number of hydrogen-bond donors (Lipinski definition) is 0. The van der Waals surface area contributed by atoms with Crippen LogP contribution in [-0.2, 0) is 14.3 Å². The monoisotopic (exact) mass is 298 g/mol. The van der Waals surface area contributed by atoms with E-state index in [0.717, 1.165) is 11.3 Å². The third-order valence-electron chi connectivity index (χ3n) is 3.53. The number of amides is 3. The van der Waals surface area contributed by atoms with Crippen molar-refractivity contribution in [2.45, 2.75) is 52.6 Å². The number of imide groups is 1. The van der Waals surface area contributed by atoms with E-state index >= 15 is 0 Å². The quantitative estimate of drug-likeness (QED) is 0.743. The Balaban J connectivity index is 2.60. The van der Waals surface area contributed by atoms with E-state index in [0.29, 0.717) is 25.9 Å². The second kappa shape index (κ2) is 6.91. The zero-order chi connectivity index (χ0) is 16.2. The van der Waals surface area contributed by atoms with E-state index < -0.39 is 5.60 Å². The molecule has 1 saturated heterocycles. The molecule has 1 heterocycles. The topological polar surface area (TPSA) is 66.9 Å². The van der Waals surface area contributed by atoms with Crippen LogP contribution in [0.3, 0.4) is 0 Å². The van der Waals surface area contributed by atoms with Gasteiger partial charge in [-0.1, -0.05) is 0 Å². The first-order valence-electron chi connectivity index (χ1n) is 7.38. The number of rotatable bonds is 1. The van der Waals surface area contributed by atoms with Crippen LogP contribution in [-0.4, -0.2) is 53.4 Å². The molecule has 0 saturated carbocycles. The minimum absolute atomic E-state index is 0.159. The van der Waals surface area contributed by atoms with Crippen molar-refractivity contribution in [3.05, 3.63) is 0 Å². The molecule has 1 atom stereocenters. The molecule has 0 aromatic carbocycles. The van der Waals surface area contributed by atoms with Crippen molar-refractivity contribution in [3.8, 4) is 0 Å². The molecule has 1 aliphatic rings. The zero-order valence-electron chi connectivity index (χ0n) is 13.6. The highest BCUT2D eigenvalue weighted by molar-refractivity contribution is 5.94. The molecule has 1 fully saturated rings. The molecule has 0 bridgehead atoms. The zero-order valence-corrected chi connectivity index (χ0v) is 13.6. The maximum absolute atomic E-state index is 12.2. The largest absolute Gasteiger partial charge is 0.444 e. The molecule has 0 aromatic heterocycles. The van der Waals surface area contributed by atoms with Crippen molar-refractivity contribution in [2.75, 3.05) is 20.1 Å². The van der Waals surface area contributed by atoms with Gasteiger partial charge in [-0.05, 0) is 40.0 Å². The molecule has 1 unspecified atom stereocenters. The van der Waals surface area contributed by atoms with Gasteiger partial charge in [0.1, 0.15) is 5.60 Å². The normalized spacial score (nSPS) is 19.7. The highest BCUT2D eigenvalue weighted by Gasteiger charge is 2.29. The van der Waals surface area contributed by atoms with Crippen LogP contribution in [0, 0.1) is 5.92 Å². The first-order chi connectivity index (χ1) is 9.61. The highest BCUT2D eigenvalue weighted by Crippen LogP contribution is 2.21. The fraction of sp³-hybridized carbons (Fsp3) is 0.800. The molecule has 0 aromatic rings. The summed E-state index contributed by atoms with van der Waals surface area (Å²) >= 11 is 0. The van der Waals surface area contributed by atoms with E-state index in [1.807, 2.05) is 20.8 Å². The van der Waals surface area contributed by atoms with E-state index in [2.05, 4.69) is 0 Å². The molecule has 6 heteroatoms. The van der Waals surface area contributed by atoms with E-state index in [1.54, 1.807) is 4.90 Å². The van der Waals surface area contributed by atoms with Gasteiger partial charge in [0.25, 0.3) is 0 Å². The predicted molar refractivity (Wildman–Crippen MR) is 78.6 cm³/mol. The number of ether oxygens (including phenoxy) is 1. The number of likely N-dealkylation sites (tertiary alicyclic amines) is 1. The van der Waals surface area contributed by atoms with Crippen LogP contribution >= 0.6 is 0 Å². The van der Waals surface area contributed by atoms with Crippen LogP contribution in [0.5, 0.6) is 0 Å². The molecular weight excluding hydrogens is 272 g/mol. The fourth-order valence-corrected chi connectivity index (χ4v) is 2.28. The molecule has 1 rings (SSSR count). The van der Waals surface area contributed by atoms with Gasteiger partial charge in [0, 0.05) is 33.0 Å². The van der Waals surface area contributed by atoms with Crippen molar-refractivity contribution in [1.82, 2.24) is 9.80 Å². The molecule has 0 N–H and O–H groups in total. The van der Waals surface area contributed by atoms with Gasteiger partial charge in [0.2, 0.25) is 11.8 Å². The SMILES string of the molecule is CC(=O)N(C)C(=O)C1CCCN(C(=O)OC(C)(C)C)CC1. The summed E-state index contributed by atoms with van der Waals surface area (Å²) in [5.74, 6) is -0.617. The average molecular weight is 298 g/mol. The van der Waals surface area contributed by atoms with E-state index in [4.69, 9.17) is 4.74 Å². The number of nitrogens with zero attached hydrogens (tertiary/aromatic N) is 2. The minimum Gasteiger partial charge on any atom is -0.444 e. The van der Waals surface area contributed by atoms with Crippen molar-refractivity contribution < 1.29 is 19.1 Å². The Bertz CT molecular complexity index is 414. The summed E-state index contributed by atoms with van der Waals surface area (Å²) in [7, 11) is 1.50. The van der Waals surface area contributed by atoms with Gasteiger partial charge < -0.3 is 9.64 Å². The summed E-state index contributed by atoms with van der Waals surface area (Å²) in [5, 5.41) is 0.